The first-order chi connectivity index (χ1) is 33.8. The van der Waals surface area contributed by atoms with E-state index in [1.807, 2.05) is 0 Å². The molecule has 1 aliphatic carbocycles. The highest BCUT2D eigenvalue weighted by Gasteiger charge is 2.46. The standard InChI is InChI=1S/C67H47N/c1-6-21-48(22-7-1)49-37-39-50(40-38-49)51-41-43-56(44-42-51)68(65-36-20-34-59(53-25-10-3-11-26-53)66(65)62-33-17-16-31-58(62)52-23-8-2-9-24-52)57-45-46-61-60-32-18-19-35-63(60)67(64(61)47-57,54-27-12-4-13-28-54)55-29-14-5-15-30-55/h1-47H. The van der Waals surface area contributed by atoms with Crippen LogP contribution < -0.4 is 4.90 Å². The van der Waals surface area contributed by atoms with Gasteiger partial charge in [-0.1, -0.05) is 255 Å². The van der Waals surface area contributed by atoms with Crippen LogP contribution in [-0.4, -0.2) is 0 Å². The van der Waals surface area contributed by atoms with Gasteiger partial charge in [-0.15, -0.1) is 0 Å². The van der Waals surface area contributed by atoms with Gasteiger partial charge in [0.05, 0.1) is 11.1 Å². The van der Waals surface area contributed by atoms with Crippen molar-refractivity contribution in [1.29, 1.82) is 0 Å². The van der Waals surface area contributed by atoms with E-state index in [1.165, 1.54) is 77.9 Å². The quantitative estimate of drug-likeness (QED) is 0.132. The second-order valence-electron chi connectivity index (χ2n) is 17.6. The lowest BCUT2D eigenvalue weighted by molar-refractivity contribution is 0.768. The molecule has 0 fully saturated rings. The Kier molecular flexibility index (Phi) is 10.5. The third-order valence-corrected chi connectivity index (χ3v) is 13.8. The van der Waals surface area contributed by atoms with Gasteiger partial charge >= 0.3 is 0 Å². The van der Waals surface area contributed by atoms with E-state index in [9.17, 15) is 0 Å². The molecular weight excluding hydrogens is 819 g/mol. The molecule has 0 unspecified atom stereocenters. The smallest absolute Gasteiger partial charge is 0.0714 e. The highest BCUT2D eigenvalue weighted by Crippen LogP contribution is 2.58. The topological polar surface area (TPSA) is 3.24 Å². The summed E-state index contributed by atoms with van der Waals surface area (Å²) in [6, 6.07) is 104. The number of fused-ring (bicyclic) bond motifs is 3. The normalized spacial score (nSPS) is 12.2. The minimum Gasteiger partial charge on any atom is -0.310 e. The molecule has 0 spiro atoms. The summed E-state index contributed by atoms with van der Waals surface area (Å²) < 4.78 is 0. The Morgan fingerprint density at radius 3 is 1.21 bits per heavy atom. The van der Waals surface area contributed by atoms with Crippen LogP contribution in [0.3, 0.4) is 0 Å². The second kappa shape index (κ2) is 17.5. The molecule has 0 heterocycles. The highest BCUT2D eigenvalue weighted by atomic mass is 15.1. The van der Waals surface area contributed by atoms with Gasteiger partial charge in [0.15, 0.2) is 0 Å². The van der Waals surface area contributed by atoms with E-state index < -0.39 is 5.41 Å². The maximum Gasteiger partial charge on any atom is 0.0714 e. The number of hydrogen-bond acceptors (Lipinski definition) is 1. The van der Waals surface area contributed by atoms with Crippen molar-refractivity contribution in [3.8, 4) is 66.8 Å². The highest BCUT2D eigenvalue weighted by molar-refractivity contribution is 6.01. The van der Waals surface area contributed by atoms with Crippen molar-refractivity contribution in [2.75, 3.05) is 4.90 Å². The molecule has 0 radical (unpaired) electrons. The lowest BCUT2D eigenvalue weighted by atomic mass is 9.67. The van der Waals surface area contributed by atoms with E-state index >= 15 is 0 Å². The Morgan fingerprint density at radius 1 is 0.235 bits per heavy atom. The van der Waals surface area contributed by atoms with Gasteiger partial charge in [-0.3, -0.25) is 0 Å². The van der Waals surface area contributed by atoms with Crippen LogP contribution in [0.25, 0.3) is 66.8 Å². The first-order valence-corrected chi connectivity index (χ1v) is 23.5. The Hall–Kier alpha value is -8.78. The molecule has 1 aliphatic rings. The van der Waals surface area contributed by atoms with E-state index in [1.54, 1.807) is 0 Å². The molecule has 320 valence electrons. The molecule has 11 aromatic rings. The number of anilines is 3. The van der Waals surface area contributed by atoms with Crippen LogP contribution in [0.5, 0.6) is 0 Å². The first-order valence-electron chi connectivity index (χ1n) is 23.5. The van der Waals surface area contributed by atoms with Gasteiger partial charge in [-0.05, 0) is 114 Å². The van der Waals surface area contributed by atoms with Crippen LogP contribution in [0, 0.1) is 0 Å². The van der Waals surface area contributed by atoms with Gasteiger partial charge in [0.25, 0.3) is 0 Å². The van der Waals surface area contributed by atoms with Crippen molar-refractivity contribution < 1.29 is 0 Å². The summed E-state index contributed by atoms with van der Waals surface area (Å²) in [5, 5.41) is 0. The van der Waals surface area contributed by atoms with Crippen molar-refractivity contribution >= 4 is 17.1 Å². The van der Waals surface area contributed by atoms with Crippen molar-refractivity contribution in [2.24, 2.45) is 0 Å². The predicted molar refractivity (Wildman–Crippen MR) is 286 cm³/mol. The number of benzene rings is 11. The van der Waals surface area contributed by atoms with Crippen LogP contribution in [0.15, 0.2) is 285 Å². The van der Waals surface area contributed by atoms with Crippen LogP contribution in [0.2, 0.25) is 0 Å². The maximum atomic E-state index is 2.50. The number of nitrogens with zero attached hydrogens (tertiary/aromatic N) is 1. The summed E-state index contributed by atoms with van der Waals surface area (Å²) in [6.07, 6.45) is 0. The predicted octanol–water partition coefficient (Wildman–Crippen LogP) is 17.9. The third kappa shape index (κ3) is 7.05. The molecular formula is C67H47N. The summed E-state index contributed by atoms with van der Waals surface area (Å²) in [5.74, 6) is 0. The zero-order chi connectivity index (χ0) is 45.3. The van der Waals surface area contributed by atoms with E-state index in [0.717, 1.165) is 28.2 Å². The van der Waals surface area contributed by atoms with Gasteiger partial charge in [0, 0.05) is 16.9 Å². The van der Waals surface area contributed by atoms with E-state index in [2.05, 4.69) is 290 Å². The molecule has 0 aliphatic heterocycles. The second-order valence-corrected chi connectivity index (χ2v) is 17.6. The molecule has 0 amide bonds. The summed E-state index contributed by atoms with van der Waals surface area (Å²) in [6.45, 7) is 0. The first kappa shape index (κ1) is 40.7. The molecule has 0 aromatic heterocycles. The molecule has 0 saturated carbocycles. The molecule has 11 aromatic carbocycles. The maximum absolute atomic E-state index is 2.50. The summed E-state index contributed by atoms with van der Waals surface area (Å²) in [4.78, 5) is 2.50. The molecule has 0 saturated heterocycles. The Labute approximate surface area is 399 Å². The molecule has 0 N–H and O–H groups in total. The average molecular weight is 866 g/mol. The molecule has 0 atom stereocenters. The van der Waals surface area contributed by atoms with Crippen molar-refractivity contribution in [3.05, 3.63) is 307 Å². The van der Waals surface area contributed by atoms with Crippen molar-refractivity contribution in [2.45, 2.75) is 5.41 Å². The fraction of sp³-hybridized carbons (Fsp3) is 0.0149. The van der Waals surface area contributed by atoms with Gasteiger partial charge in [0.1, 0.15) is 0 Å². The van der Waals surface area contributed by atoms with Gasteiger partial charge < -0.3 is 4.90 Å². The fourth-order valence-corrected chi connectivity index (χ4v) is 10.7. The Morgan fingerprint density at radius 2 is 0.632 bits per heavy atom. The largest absolute Gasteiger partial charge is 0.310 e. The lowest BCUT2D eigenvalue weighted by Gasteiger charge is -2.35. The zero-order valence-corrected chi connectivity index (χ0v) is 37.6. The monoisotopic (exact) mass is 865 g/mol. The van der Waals surface area contributed by atoms with Crippen molar-refractivity contribution in [1.82, 2.24) is 0 Å². The number of rotatable bonds is 10. The minimum absolute atomic E-state index is 0.555. The summed E-state index contributed by atoms with van der Waals surface area (Å²) >= 11 is 0. The average Bonchev–Trinajstić information content (AvgIpc) is 3.73. The Balaban J connectivity index is 1.11. The van der Waals surface area contributed by atoms with Crippen LogP contribution >= 0.6 is 0 Å². The summed E-state index contributed by atoms with van der Waals surface area (Å²) in [5.41, 5.74) is 22.0. The lowest BCUT2D eigenvalue weighted by Crippen LogP contribution is -2.28. The zero-order valence-electron chi connectivity index (χ0n) is 37.6. The third-order valence-electron chi connectivity index (χ3n) is 13.8. The van der Waals surface area contributed by atoms with Crippen molar-refractivity contribution in [3.63, 3.8) is 0 Å². The SMILES string of the molecule is c1ccc(-c2ccc(-c3ccc(N(c4ccc5c(c4)C(c4ccccc4)(c4ccccc4)c4ccccc4-5)c4cccc(-c5ccccc5)c4-c4ccccc4-c4ccccc4)cc3)cc2)cc1. The molecule has 1 nitrogen and oxygen atoms in total. The summed E-state index contributed by atoms with van der Waals surface area (Å²) in [7, 11) is 0. The van der Waals surface area contributed by atoms with Gasteiger partial charge in [0.2, 0.25) is 0 Å². The molecule has 68 heavy (non-hydrogen) atoms. The number of hydrogen-bond donors (Lipinski definition) is 0. The molecule has 0 bridgehead atoms. The van der Waals surface area contributed by atoms with Gasteiger partial charge in [-0.2, -0.15) is 0 Å². The van der Waals surface area contributed by atoms with E-state index in [0.29, 0.717) is 0 Å². The minimum atomic E-state index is -0.555. The van der Waals surface area contributed by atoms with Gasteiger partial charge in [-0.25, -0.2) is 0 Å². The van der Waals surface area contributed by atoms with Crippen LogP contribution in [0.4, 0.5) is 17.1 Å². The van der Waals surface area contributed by atoms with Crippen LogP contribution in [0.1, 0.15) is 22.3 Å². The van der Waals surface area contributed by atoms with E-state index in [-0.39, 0.29) is 0 Å². The van der Waals surface area contributed by atoms with E-state index in [4.69, 9.17) is 0 Å². The molecule has 12 rings (SSSR count). The Bertz CT molecular complexity index is 3470. The fourth-order valence-electron chi connectivity index (χ4n) is 10.7. The molecule has 1 heteroatoms. The van der Waals surface area contributed by atoms with Crippen LogP contribution in [-0.2, 0) is 5.41 Å².